The van der Waals surface area contributed by atoms with Crippen LogP contribution in [-0.4, -0.2) is 0 Å². The van der Waals surface area contributed by atoms with Crippen LogP contribution in [0.4, 0.5) is 4.39 Å². The van der Waals surface area contributed by atoms with E-state index in [2.05, 4.69) is 31.9 Å². The Labute approximate surface area is 138 Å². The van der Waals surface area contributed by atoms with E-state index >= 15 is 0 Å². The van der Waals surface area contributed by atoms with Crippen molar-refractivity contribution in [1.29, 1.82) is 0 Å². The van der Waals surface area contributed by atoms with Crippen LogP contribution in [0.5, 0.6) is 0 Å². The summed E-state index contributed by atoms with van der Waals surface area (Å²) in [5, 5.41) is 1.02. The minimum Gasteiger partial charge on any atom is -0.459 e. The Morgan fingerprint density at radius 1 is 1.14 bits per heavy atom. The summed E-state index contributed by atoms with van der Waals surface area (Å²) in [7, 11) is 0. The van der Waals surface area contributed by atoms with Crippen molar-refractivity contribution < 1.29 is 8.81 Å². The van der Waals surface area contributed by atoms with Gasteiger partial charge in [-0.3, -0.25) is 0 Å². The van der Waals surface area contributed by atoms with Crippen LogP contribution in [0.3, 0.4) is 0 Å². The lowest BCUT2D eigenvalue weighted by Gasteiger charge is -2.11. The molecule has 0 spiro atoms. The Kier molecular flexibility index (Phi) is 3.90. The fourth-order valence-corrected chi connectivity index (χ4v) is 3.12. The summed E-state index contributed by atoms with van der Waals surface area (Å²) in [6.45, 7) is 1.98. The summed E-state index contributed by atoms with van der Waals surface area (Å²) in [5.74, 6) is 0.387. The summed E-state index contributed by atoms with van der Waals surface area (Å²) in [6.07, 6.45) is 0. The average Bonchev–Trinajstić information content (AvgIpc) is 2.78. The first kappa shape index (κ1) is 14.8. The van der Waals surface area contributed by atoms with Gasteiger partial charge in [-0.2, -0.15) is 0 Å². The van der Waals surface area contributed by atoms with E-state index in [-0.39, 0.29) is 5.82 Å². The summed E-state index contributed by atoms with van der Waals surface area (Å²) in [4.78, 5) is 0. The fraction of sp³-hybridized carbons (Fsp3) is 0.125. The van der Waals surface area contributed by atoms with Crippen LogP contribution in [0.1, 0.15) is 22.9 Å². The van der Waals surface area contributed by atoms with Crippen LogP contribution >= 0.6 is 31.9 Å². The normalized spacial score (nSPS) is 12.8. The molecule has 0 saturated carbocycles. The maximum Gasteiger partial charge on any atom is 0.137 e. The van der Waals surface area contributed by atoms with Crippen LogP contribution in [0, 0.1) is 12.7 Å². The van der Waals surface area contributed by atoms with E-state index < -0.39 is 6.04 Å². The van der Waals surface area contributed by atoms with Crippen LogP contribution in [0.15, 0.2) is 49.8 Å². The van der Waals surface area contributed by atoms with E-state index in [1.54, 1.807) is 12.1 Å². The fourth-order valence-electron chi connectivity index (χ4n) is 2.37. The topological polar surface area (TPSA) is 39.2 Å². The number of hydrogen-bond acceptors (Lipinski definition) is 2. The molecule has 0 bridgehead atoms. The van der Waals surface area contributed by atoms with Crippen LogP contribution in [0.2, 0.25) is 0 Å². The molecule has 2 nitrogen and oxygen atoms in total. The molecule has 0 amide bonds. The maximum absolute atomic E-state index is 13.3. The molecule has 108 valence electrons. The molecule has 21 heavy (non-hydrogen) atoms. The zero-order chi connectivity index (χ0) is 15.1. The molecule has 0 aliphatic heterocycles. The Hall–Kier alpha value is -1.17. The van der Waals surface area contributed by atoms with E-state index in [1.165, 1.54) is 6.07 Å². The van der Waals surface area contributed by atoms with Gasteiger partial charge in [-0.05, 0) is 58.7 Å². The highest BCUT2D eigenvalue weighted by Crippen LogP contribution is 2.33. The van der Waals surface area contributed by atoms with Crippen molar-refractivity contribution in [2.45, 2.75) is 13.0 Å². The number of halogens is 3. The van der Waals surface area contributed by atoms with Gasteiger partial charge in [0, 0.05) is 15.4 Å². The molecule has 2 aromatic carbocycles. The van der Waals surface area contributed by atoms with Gasteiger partial charge >= 0.3 is 0 Å². The van der Waals surface area contributed by atoms with Gasteiger partial charge in [0.05, 0.1) is 10.5 Å². The van der Waals surface area contributed by atoms with Gasteiger partial charge in [0.1, 0.15) is 17.2 Å². The molecule has 0 aliphatic rings. The first-order valence-corrected chi connectivity index (χ1v) is 7.95. The number of benzene rings is 2. The van der Waals surface area contributed by atoms with Crippen molar-refractivity contribution in [3.05, 3.63) is 68.0 Å². The first-order valence-electron chi connectivity index (χ1n) is 6.36. The van der Waals surface area contributed by atoms with Gasteiger partial charge in [0.2, 0.25) is 0 Å². The molecule has 0 aliphatic carbocycles. The number of furan rings is 1. The number of rotatable bonds is 2. The molecule has 5 heteroatoms. The first-order chi connectivity index (χ1) is 9.97. The van der Waals surface area contributed by atoms with Crippen molar-refractivity contribution in [3.8, 4) is 0 Å². The third kappa shape index (κ3) is 2.65. The van der Waals surface area contributed by atoms with E-state index in [0.717, 1.165) is 26.6 Å². The molecular formula is C16H12Br2FNO. The lowest BCUT2D eigenvalue weighted by atomic mass is 10.0. The molecule has 1 atom stereocenters. The molecule has 1 aromatic heterocycles. The predicted octanol–water partition coefficient (Wildman–Crippen LogP) is 5.45. The third-order valence-corrected chi connectivity index (χ3v) is 4.62. The molecule has 1 unspecified atom stereocenters. The monoisotopic (exact) mass is 411 g/mol. The van der Waals surface area contributed by atoms with Gasteiger partial charge in [0.15, 0.2) is 0 Å². The number of aryl methyl sites for hydroxylation is 1. The molecule has 3 aromatic rings. The van der Waals surface area contributed by atoms with Crippen molar-refractivity contribution in [2.75, 3.05) is 0 Å². The largest absolute Gasteiger partial charge is 0.459 e. The van der Waals surface area contributed by atoms with Crippen molar-refractivity contribution in [1.82, 2.24) is 0 Å². The SMILES string of the molecule is Cc1c(C(N)c2ccc(F)c(Br)c2)oc2ccc(Br)cc12. The summed E-state index contributed by atoms with van der Waals surface area (Å²) in [5.41, 5.74) is 8.88. The van der Waals surface area contributed by atoms with Gasteiger partial charge < -0.3 is 10.2 Å². The maximum atomic E-state index is 13.3. The zero-order valence-electron chi connectivity index (χ0n) is 11.2. The second-order valence-corrected chi connectivity index (χ2v) is 6.65. The predicted molar refractivity (Wildman–Crippen MR) is 88.8 cm³/mol. The molecular weight excluding hydrogens is 401 g/mol. The van der Waals surface area contributed by atoms with E-state index in [4.69, 9.17) is 10.2 Å². The Balaban J connectivity index is 2.10. The van der Waals surface area contributed by atoms with E-state index in [0.29, 0.717) is 10.2 Å². The molecule has 2 N–H and O–H groups in total. The zero-order valence-corrected chi connectivity index (χ0v) is 14.3. The second kappa shape index (κ2) is 5.55. The quantitative estimate of drug-likeness (QED) is 0.607. The Morgan fingerprint density at radius 3 is 2.62 bits per heavy atom. The summed E-state index contributed by atoms with van der Waals surface area (Å²) < 4.78 is 20.6. The molecule has 0 saturated heterocycles. The number of nitrogens with two attached hydrogens (primary N) is 1. The standard InChI is InChI=1S/C16H12Br2FNO/c1-8-11-7-10(17)3-5-14(11)21-16(8)15(20)9-2-4-13(19)12(18)6-9/h2-7,15H,20H2,1H3. The highest BCUT2D eigenvalue weighted by molar-refractivity contribution is 9.10. The van der Waals surface area contributed by atoms with Crippen LogP contribution in [0.25, 0.3) is 11.0 Å². The van der Waals surface area contributed by atoms with E-state index in [9.17, 15) is 4.39 Å². The Bertz CT molecular complexity index is 829. The van der Waals surface area contributed by atoms with Crippen LogP contribution in [-0.2, 0) is 0 Å². The second-order valence-electron chi connectivity index (χ2n) is 4.88. The Morgan fingerprint density at radius 2 is 1.90 bits per heavy atom. The third-order valence-electron chi connectivity index (χ3n) is 3.52. The van der Waals surface area contributed by atoms with Crippen molar-refractivity contribution >= 4 is 42.8 Å². The summed E-state index contributed by atoms with van der Waals surface area (Å²) in [6, 6.07) is 10.2. The average molecular weight is 413 g/mol. The molecule has 1 heterocycles. The van der Waals surface area contributed by atoms with E-state index in [1.807, 2.05) is 25.1 Å². The van der Waals surface area contributed by atoms with Gasteiger partial charge in [0.25, 0.3) is 0 Å². The number of fused-ring (bicyclic) bond motifs is 1. The van der Waals surface area contributed by atoms with Gasteiger partial charge in [-0.25, -0.2) is 4.39 Å². The van der Waals surface area contributed by atoms with Gasteiger partial charge in [-0.15, -0.1) is 0 Å². The lowest BCUT2D eigenvalue weighted by molar-refractivity contribution is 0.520. The molecule has 3 rings (SSSR count). The van der Waals surface area contributed by atoms with Crippen LogP contribution < -0.4 is 5.73 Å². The number of hydrogen-bond donors (Lipinski definition) is 1. The van der Waals surface area contributed by atoms with Gasteiger partial charge in [-0.1, -0.05) is 22.0 Å². The molecule has 0 radical (unpaired) electrons. The summed E-state index contributed by atoms with van der Waals surface area (Å²) >= 11 is 6.64. The highest BCUT2D eigenvalue weighted by Gasteiger charge is 2.19. The smallest absolute Gasteiger partial charge is 0.137 e. The van der Waals surface area contributed by atoms with Crippen molar-refractivity contribution in [3.63, 3.8) is 0 Å². The lowest BCUT2D eigenvalue weighted by Crippen LogP contribution is -2.12. The van der Waals surface area contributed by atoms with Crippen molar-refractivity contribution in [2.24, 2.45) is 5.73 Å². The minimum atomic E-state index is -0.437. The highest BCUT2D eigenvalue weighted by atomic mass is 79.9. The molecule has 0 fully saturated rings. The minimum absolute atomic E-state index is 0.309.